The van der Waals surface area contributed by atoms with Gasteiger partial charge in [-0.3, -0.25) is 4.79 Å². The molecule has 2 heterocycles. The molecule has 0 bridgehead atoms. The van der Waals surface area contributed by atoms with Crippen molar-refractivity contribution in [3.05, 3.63) is 0 Å². The highest BCUT2D eigenvalue weighted by Gasteiger charge is 2.52. The van der Waals surface area contributed by atoms with E-state index in [9.17, 15) is 40.5 Å². The molecule has 3 rings (SSSR count). The van der Waals surface area contributed by atoms with Crippen molar-refractivity contribution in [3.8, 4) is 0 Å². The third-order valence-corrected chi connectivity index (χ3v) is 8.36. The molecule has 2 saturated heterocycles. The van der Waals surface area contributed by atoms with E-state index in [2.05, 4.69) is 5.32 Å². The number of hydrogen-bond donors (Lipinski definition) is 13. The van der Waals surface area contributed by atoms with Gasteiger partial charge in [0.05, 0.1) is 24.8 Å². The molecule has 18 heteroatoms. The Balaban J connectivity index is 1.81. The number of ether oxygens (including phenoxy) is 4. The number of aliphatic hydroxyl groups is 7. The second-order valence-corrected chi connectivity index (χ2v) is 11.5. The van der Waals surface area contributed by atoms with Crippen molar-refractivity contribution in [3.63, 3.8) is 0 Å². The molecule has 3 aliphatic rings. The van der Waals surface area contributed by atoms with Crippen LogP contribution in [0.25, 0.3) is 0 Å². The molecule has 0 aromatic carbocycles. The predicted molar refractivity (Wildman–Crippen MR) is 147 cm³/mol. The maximum Gasteiger partial charge on any atom is 0.186 e. The first-order valence-electron chi connectivity index (χ1n) is 14.6. The van der Waals surface area contributed by atoms with E-state index >= 15 is 0 Å². The Hall–Kier alpha value is -1.01. The van der Waals surface area contributed by atoms with Gasteiger partial charge in [-0.2, -0.15) is 0 Å². The highest BCUT2D eigenvalue weighted by Crippen LogP contribution is 2.36. The van der Waals surface area contributed by atoms with Crippen LogP contribution in [-0.4, -0.2) is 166 Å². The van der Waals surface area contributed by atoms with Crippen LogP contribution in [0.3, 0.4) is 0 Å². The van der Waals surface area contributed by atoms with E-state index in [1.807, 2.05) is 0 Å². The predicted octanol–water partition coefficient (Wildman–Crippen LogP) is -7.78. The third-order valence-electron chi connectivity index (χ3n) is 8.36. The van der Waals surface area contributed by atoms with Crippen molar-refractivity contribution >= 4 is 5.78 Å². The lowest BCUT2D eigenvalue weighted by molar-refractivity contribution is -0.323. The standard InChI is InChI=1S/C25H50N6O12/c26-2-1-3-31-7-13-18(36)19(37)16(30)24(40-13)43-23-10(28)4-9(5-11(33)12(34)6-27)22(21(23)39)42-25-20(38)15(29)17(35)14(8-32)41-25/h9-10,12-25,31-32,34-39H,1-8,26-30H2/t9-,10-,12-,13+,14+,15-,16+,17+,18+,19+,20+,21+,22-,23?,24+,25+/m0/s1. The molecule has 18 N–H and O–H groups in total. The van der Waals surface area contributed by atoms with Crippen LogP contribution >= 0.6 is 0 Å². The summed E-state index contributed by atoms with van der Waals surface area (Å²) >= 11 is 0. The van der Waals surface area contributed by atoms with E-state index in [0.29, 0.717) is 19.5 Å². The number of Topliss-reactive ketones (excluding diaryl/α,β-unsaturated/α-hetero) is 1. The fourth-order valence-corrected chi connectivity index (χ4v) is 5.69. The van der Waals surface area contributed by atoms with Crippen LogP contribution in [0.5, 0.6) is 0 Å². The van der Waals surface area contributed by atoms with Crippen molar-refractivity contribution in [2.45, 2.75) is 111 Å². The number of carbonyl (C=O) groups is 1. The summed E-state index contributed by atoms with van der Waals surface area (Å²) in [4.78, 5) is 12.6. The quantitative estimate of drug-likeness (QED) is 0.0796. The van der Waals surface area contributed by atoms with E-state index in [1.165, 1.54) is 0 Å². The van der Waals surface area contributed by atoms with Crippen molar-refractivity contribution in [1.82, 2.24) is 5.32 Å². The summed E-state index contributed by atoms with van der Waals surface area (Å²) in [6.07, 6.45) is -16.1. The van der Waals surface area contributed by atoms with Crippen molar-refractivity contribution < 1.29 is 59.5 Å². The molecule has 18 nitrogen and oxygen atoms in total. The third kappa shape index (κ3) is 8.63. The number of rotatable bonds is 14. The molecule has 1 saturated carbocycles. The second-order valence-electron chi connectivity index (χ2n) is 11.5. The molecule has 0 radical (unpaired) electrons. The fourth-order valence-electron chi connectivity index (χ4n) is 5.69. The zero-order valence-corrected chi connectivity index (χ0v) is 24.0. The molecule has 0 aromatic heterocycles. The van der Waals surface area contributed by atoms with Gasteiger partial charge in [0.15, 0.2) is 18.4 Å². The lowest BCUT2D eigenvalue weighted by atomic mass is 9.76. The molecule has 0 amide bonds. The molecule has 0 aromatic rings. The highest BCUT2D eigenvalue weighted by molar-refractivity contribution is 5.83. The Morgan fingerprint density at radius 3 is 2.14 bits per heavy atom. The van der Waals surface area contributed by atoms with E-state index in [0.717, 1.165) is 0 Å². The van der Waals surface area contributed by atoms with Gasteiger partial charge in [-0.1, -0.05) is 0 Å². The Morgan fingerprint density at radius 2 is 1.51 bits per heavy atom. The van der Waals surface area contributed by atoms with Gasteiger partial charge in [0, 0.05) is 25.6 Å². The molecule has 1 unspecified atom stereocenters. The summed E-state index contributed by atoms with van der Waals surface area (Å²) in [7, 11) is 0. The van der Waals surface area contributed by atoms with Crippen LogP contribution in [-0.2, 0) is 23.7 Å². The molecule has 3 fully saturated rings. The van der Waals surface area contributed by atoms with Crippen LogP contribution in [0.4, 0.5) is 0 Å². The zero-order chi connectivity index (χ0) is 32.0. The molecular weight excluding hydrogens is 576 g/mol. The number of nitrogens with two attached hydrogens (primary N) is 5. The molecule has 1 aliphatic carbocycles. The smallest absolute Gasteiger partial charge is 0.186 e. The van der Waals surface area contributed by atoms with E-state index in [1.54, 1.807) is 0 Å². The minimum Gasteiger partial charge on any atom is -0.394 e. The average molecular weight is 627 g/mol. The number of ketones is 1. The maximum atomic E-state index is 12.6. The minimum absolute atomic E-state index is 0.00750. The molecule has 43 heavy (non-hydrogen) atoms. The molecule has 16 atom stereocenters. The minimum atomic E-state index is -1.61. The van der Waals surface area contributed by atoms with Gasteiger partial charge in [-0.05, 0) is 31.8 Å². The SMILES string of the molecule is NCCCNC[C@H]1O[C@H](OC2[C@@H](N)C[C@@H](CC(=O)[C@@H](O)CN)[C@H](O[C@H]3O[C@H](CO)[C@@H](O)[C@H](N)[C@H]3O)[C@H]2O)[C@H](N)[C@@H](O)[C@@H]1O. The van der Waals surface area contributed by atoms with Crippen LogP contribution in [0.1, 0.15) is 19.3 Å². The monoisotopic (exact) mass is 626 g/mol. The van der Waals surface area contributed by atoms with Crippen molar-refractivity contribution in [2.75, 3.05) is 32.8 Å². The average Bonchev–Trinajstić information content (AvgIpc) is 2.99. The van der Waals surface area contributed by atoms with E-state index in [4.69, 9.17) is 47.6 Å². The van der Waals surface area contributed by atoms with Gasteiger partial charge < -0.3 is 88.7 Å². The van der Waals surface area contributed by atoms with Gasteiger partial charge in [-0.15, -0.1) is 0 Å². The number of aliphatic hydroxyl groups excluding tert-OH is 7. The van der Waals surface area contributed by atoms with Crippen molar-refractivity contribution in [2.24, 2.45) is 34.6 Å². The Bertz CT molecular complexity index is 866. The number of carbonyl (C=O) groups excluding carboxylic acids is 1. The van der Waals surface area contributed by atoms with E-state index in [-0.39, 0.29) is 25.9 Å². The summed E-state index contributed by atoms with van der Waals surface area (Å²) in [6, 6.07) is -3.45. The molecular formula is C25H50N6O12. The summed E-state index contributed by atoms with van der Waals surface area (Å²) in [5.74, 6) is -1.47. The topological polar surface area (TPSA) is 338 Å². The van der Waals surface area contributed by atoms with Gasteiger partial charge in [0.1, 0.15) is 54.9 Å². The highest BCUT2D eigenvalue weighted by atomic mass is 16.7. The van der Waals surface area contributed by atoms with Crippen LogP contribution < -0.4 is 34.0 Å². The first-order chi connectivity index (χ1) is 20.4. The van der Waals surface area contributed by atoms with Crippen LogP contribution in [0, 0.1) is 5.92 Å². The largest absolute Gasteiger partial charge is 0.394 e. The lowest BCUT2D eigenvalue weighted by Crippen LogP contribution is -2.68. The second kappa shape index (κ2) is 16.5. The Kier molecular flexibility index (Phi) is 14.0. The molecule has 2 aliphatic heterocycles. The number of hydrogen-bond acceptors (Lipinski definition) is 18. The first kappa shape index (κ1) is 36.5. The van der Waals surface area contributed by atoms with Gasteiger partial charge >= 0.3 is 0 Å². The van der Waals surface area contributed by atoms with Crippen LogP contribution in [0.2, 0.25) is 0 Å². The Labute approximate surface area is 249 Å². The summed E-state index contributed by atoms with van der Waals surface area (Å²) in [5.41, 5.74) is 29.3. The molecule has 252 valence electrons. The summed E-state index contributed by atoms with van der Waals surface area (Å²) in [6.45, 7) is 0.143. The van der Waals surface area contributed by atoms with Crippen LogP contribution in [0.15, 0.2) is 0 Å². The van der Waals surface area contributed by atoms with Crippen molar-refractivity contribution in [1.29, 1.82) is 0 Å². The normalized spacial score (nSPS) is 44.7. The van der Waals surface area contributed by atoms with Gasteiger partial charge in [0.25, 0.3) is 0 Å². The maximum absolute atomic E-state index is 12.6. The molecule has 0 spiro atoms. The van der Waals surface area contributed by atoms with Gasteiger partial charge in [-0.25, -0.2) is 0 Å². The first-order valence-corrected chi connectivity index (χ1v) is 14.6. The zero-order valence-electron chi connectivity index (χ0n) is 24.0. The summed E-state index contributed by atoms with van der Waals surface area (Å²) < 4.78 is 23.3. The number of nitrogens with one attached hydrogen (secondary N) is 1. The lowest BCUT2D eigenvalue weighted by Gasteiger charge is -2.49. The van der Waals surface area contributed by atoms with Gasteiger partial charge in [0.2, 0.25) is 0 Å². The Morgan fingerprint density at radius 1 is 0.860 bits per heavy atom. The fraction of sp³-hybridized carbons (Fsp3) is 0.960. The van der Waals surface area contributed by atoms with E-state index < -0.39 is 110 Å². The summed E-state index contributed by atoms with van der Waals surface area (Å²) in [5, 5.41) is 76.1.